The summed E-state index contributed by atoms with van der Waals surface area (Å²) in [5.74, 6) is 0.481. The highest BCUT2D eigenvalue weighted by molar-refractivity contribution is 5.99. The fourth-order valence-electron chi connectivity index (χ4n) is 2.83. The smallest absolute Gasteiger partial charge is 0.257 e. The molecule has 4 heterocycles. The van der Waals surface area contributed by atoms with Crippen LogP contribution in [-0.4, -0.2) is 37.1 Å². The number of hydrogen-bond donors (Lipinski definition) is 1. The zero-order valence-corrected chi connectivity index (χ0v) is 13.6. The molecule has 0 radical (unpaired) electrons. The van der Waals surface area contributed by atoms with Crippen LogP contribution < -0.4 is 5.32 Å². The summed E-state index contributed by atoms with van der Waals surface area (Å²) in [7, 11) is 0. The number of nitrogens with zero attached hydrogens (tertiary/aromatic N) is 5. The second kappa shape index (κ2) is 6.94. The molecule has 1 fully saturated rings. The zero-order valence-electron chi connectivity index (χ0n) is 13.6. The van der Waals surface area contributed by atoms with Gasteiger partial charge in [0, 0.05) is 43.5 Å². The van der Waals surface area contributed by atoms with Crippen LogP contribution in [0.3, 0.4) is 0 Å². The Hall–Kier alpha value is -2.87. The predicted molar refractivity (Wildman–Crippen MR) is 88.7 cm³/mol. The lowest BCUT2D eigenvalue weighted by atomic mass is 10.1. The van der Waals surface area contributed by atoms with Crippen LogP contribution in [0.15, 0.2) is 37.1 Å². The van der Waals surface area contributed by atoms with Crippen molar-refractivity contribution in [1.82, 2.24) is 29.9 Å². The highest BCUT2D eigenvalue weighted by Gasteiger charge is 2.18. The highest BCUT2D eigenvalue weighted by Crippen LogP contribution is 2.24. The Balaban J connectivity index is 1.40. The Bertz CT molecular complexity index is 870. The molecule has 0 bridgehead atoms. The van der Waals surface area contributed by atoms with Gasteiger partial charge in [-0.3, -0.25) is 4.79 Å². The lowest BCUT2D eigenvalue weighted by Crippen LogP contribution is -2.23. The summed E-state index contributed by atoms with van der Waals surface area (Å²) in [6.45, 7) is 1.11. The van der Waals surface area contributed by atoms with Crippen LogP contribution in [0.5, 0.6) is 0 Å². The third kappa shape index (κ3) is 3.34. The standard InChI is InChI=1S/C17H18N6O2/c24-17(13-11-22-23-6-3-5-18-16(13)23)21-10-12-8-19-15(20-9-12)14-4-1-2-7-25-14/h3,5-6,8-9,11,14H,1-2,4,7,10H2,(H,21,24). The maximum Gasteiger partial charge on any atom is 0.257 e. The topological polar surface area (TPSA) is 94.3 Å². The van der Waals surface area contributed by atoms with Crippen molar-refractivity contribution in [2.75, 3.05) is 6.61 Å². The van der Waals surface area contributed by atoms with E-state index >= 15 is 0 Å². The van der Waals surface area contributed by atoms with Gasteiger partial charge in [-0.15, -0.1) is 0 Å². The molecule has 8 heteroatoms. The van der Waals surface area contributed by atoms with E-state index in [0.29, 0.717) is 23.6 Å². The number of hydrogen-bond acceptors (Lipinski definition) is 6. The summed E-state index contributed by atoms with van der Waals surface area (Å²) >= 11 is 0. The molecule has 1 N–H and O–H groups in total. The Kier molecular flexibility index (Phi) is 4.34. The van der Waals surface area contributed by atoms with Crippen molar-refractivity contribution < 1.29 is 9.53 Å². The van der Waals surface area contributed by atoms with Gasteiger partial charge in [-0.1, -0.05) is 0 Å². The molecule has 25 heavy (non-hydrogen) atoms. The van der Waals surface area contributed by atoms with Gasteiger partial charge < -0.3 is 10.1 Å². The lowest BCUT2D eigenvalue weighted by molar-refractivity contribution is 0.00940. The van der Waals surface area contributed by atoms with E-state index in [4.69, 9.17) is 4.74 Å². The molecule has 1 atom stereocenters. The molecule has 4 rings (SSSR count). The van der Waals surface area contributed by atoms with E-state index in [-0.39, 0.29) is 12.0 Å². The number of carbonyl (C=O) groups excluding carboxylic acids is 1. The molecule has 1 aliphatic rings. The van der Waals surface area contributed by atoms with Crippen LogP contribution >= 0.6 is 0 Å². The van der Waals surface area contributed by atoms with Crippen LogP contribution in [0.2, 0.25) is 0 Å². The number of carbonyl (C=O) groups is 1. The molecule has 8 nitrogen and oxygen atoms in total. The first-order chi connectivity index (χ1) is 12.3. The third-order valence-electron chi connectivity index (χ3n) is 4.17. The predicted octanol–water partition coefficient (Wildman–Crippen LogP) is 1.69. The Morgan fingerprint density at radius 2 is 2.12 bits per heavy atom. The van der Waals surface area contributed by atoms with Gasteiger partial charge in [0.2, 0.25) is 0 Å². The molecule has 1 aliphatic heterocycles. The fourth-order valence-corrected chi connectivity index (χ4v) is 2.83. The van der Waals surface area contributed by atoms with Crippen molar-refractivity contribution in [3.63, 3.8) is 0 Å². The number of fused-ring (bicyclic) bond motifs is 1. The minimum absolute atomic E-state index is 0.0118. The van der Waals surface area contributed by atoms with Crippen molar-refractivity contribution in [1.29, 1.82) is 0 Å². The summed E-state index contributed by atoms with van der Waals surface area (Å²) in [5.41, 5.74) is 1.80. The molecule has 1 unspecified atom stereocenters. The quantitative estimate of drug-likeness (QED) is 0.778. The second-order valence-corrected chi connectivity index (χ2v) is 5.93. The molecule has 1 amide bonds. The molecule has 128 valence electrons. The highest BCUT2D eigenvalue weighted by atomic mass is 16.5. The van der Waals surface area contributed by atoms with Gasteiger partial charge in [0.1, 0.15) is 11.7 Å². The van der Waals surface area contributed by atoms with Gasteiger partial charge in [-0.05, 0) is 25.3 Å². The third-order valence-corrected chi connectivity index (χ3v) is 4.17. The van der Waals surface area contributed by atoms with Gasteiger partial charge in [0.15, 0.2) is 11.5 Å². The number of rotatable bonds is 4. The summed E-state index contributed by atoms with van der Waals surface area (Å²) in [6, 6.07) is 1.76. The van der Waals surface area contributed by atoms with Crippen LogP contribution in [-0.2, 0) is 11.3 Å². The van der Waals surface area contributed by atoms with E-state index < -0.39 is 0 Å². The van der Waals surface area contributed by atoms with E-state index in [9.17, 15) is 4.79 Å². The normalized spacial score (nSPS) is 17.5. The number of nitrogens with one attached hydrogen (secondary N) is 1. The first-order valence-corrected chi connectivity index (χ1v) is 8.30. The SMILES string of the molecule is O=C(NCc1cnc(C2CCCCO2)nc1)c1cnn2cccnc12. The second-order valence-electron chi connectivity index (χ2n) is 5.93. The average Bonchev–Trinajstić information content (AvgIpc) is 3.11. The van der Waals surface area contributed by atoms with E-state index in [0.717, 1.165) is 31.4 Å². The number of ether oxygens (including phenoxy) is 1. The first-order valence-electron chi connectivity index (χ1n) is 8.30. The molecule has 3 aromatic heterocycles. The Morgan fingerprint density at radius 1 is 1.24 bits per heavy atom. The fraction of sp³-hybridized carbons (Fsp3) is 0.353. The van der Waals surface area contributed by atoms with E-state index in [2.05, 4.69) is 25.4 Å². The molecule has 0 aliphatic carbocycles. The minimum Gasteiger partial charge on any atom is -0.370 e. The molecular formula is C17H18N6O2. The maximum absolute atomic E-state index is 12.3. The Labute approximate surface area is 144 Å². The molecule has 0 aromatic carbocycles. The van der Waals surface area contributed by atoms with Crippen molar-refractivity contribution >= 4 is 11.6 Å². The van der Waals surface area contributed by atoms with Gasteiger partial charge >= 0.3 is 0 Å². The summed E-state index contributed by atoms with van der Waals surface area (Å²) in [6.07, 6.45) is 11.5. The van der Waals surface area contributed by atoms with Crippen molar-refractivity contribution in [3.8, 4) is 0 Å². The molecular weight excluding hydrogens is 320 g/mol. The molecule has 0 saturated carbocycles. The number of aromatic nitrogens is 5. The average molecular weight is 338 g/mol. The van der Waals surface area contributed by atoms with E-state index in [1.54, 1.807) is 35.4 Å². The monoisotopic (exact) mass is 338 g/mol. The van der Waals surface area contributed by atoms with Gasteiger partial charge in [0.05, 0.1) is 6.20 Å². The molecule has 0 spiro atoms. The largest absolute Gasteiger partial charge is 0.370 e. The van der Waals surface area contributed by atoms with Crippen LogP contribution in [0.25, 0.3) is 5.65 Å². The van der Waals surface area contributed by atoms with E-state index in [1.165, 1.54) is 6.20 Å². The minimum atomic E-state index is -0.228. The Morgan fingerprint density at radius 3 is 2.92 bits per heavy atom. The summed E-state index contributed by atoms with van der Waals surface area (Å²) < 4.78 is 7.25. The summed E-state index contributed by atoms with van der Waals surface area (Å²) in [4.78, 5) is 25.3. The van der Waals surface area contributed by atoms with Crippen LogP contribution in [0, 0.1) is 0 Å². The molecule has 1 saturated heterocycles. The van der Waals surface area contributed by atoms with Crippen molar-refractivity contribution in [2.24, 2.45) is 0 Å². The van der Waals surface area contributed by atoms with E-state index in [1.807, 2.05) is 0 Å². The van der Waals surface area contributed by atoms with Crippen molar-refractivity contribution in [2.45, 2.75) is 31.9 Å². The lowest BCUT2D eigenvalue weighted by Gasteiger charge is -2.21. The maximum atomic E-state index is 12.3. The number of amides is 1. The molecule has 3 aromatic rings. The zero-order chi connectivity index (χ0) is 17.1. The van der Waals surface area contributed by atoms with Crippen LogP contribution in [0.4, 0.5) is 0 Å². The van der Waals surface area contributed by atoms with Crippen LogP contribution in [0.1, 0.15) is 47.1 Å². The van der Waals surface area contributed by atoms with Gasteiger partial charge in [-0.25, -0.2) is 19.5 Å². The van der Waals surface area contributed by atoms with Crippen molar-refractivity contribution in [3.05, 3.63) is 54.0 Å². The first kappa shape index (κ1) is 15.6. The van der Waals surface area contributed by atoms with Gasteiger partial charge in [0.25, 0.3) is 5.91 Å². The summed E-state index contributed by atoms with van der Waals surface area (Å²) in [5, 5.41) is 6.96. The van der Waals surface area contributed by atoms with Gasteiger partial charge in [-0.2, -0.15) is 5.10 Å².